The van der Waals surface area contributed by atoms with Gasteiger partial charge in [0, 0.05) is 27.8 Å². The van der Waals surface area contributed by atoms with Crippen molar-refractivity contribution in [2.24, 2.45) is 5.16 Å². The highest BCUT2D eigenvalue weighted by molar-refractivity contribution is 6.12. The van der Waals surface area contributed by atoms with Gasteiger partial charge in [0.1, 0.15) is 5.71 Å². The van der Waals surface area contributed by atoms with Gasteiger partial charge in [0.15, 0.2) is 0 Å². The lowest BCUT2D eigenvalue weighted by atomic mass is 9.80. The predicted octanol–water partition coefficient (Wildman–Crippen LogP) is 9.11. The van der Waals surface area contributed by atoms with E-state index in [-0.39, 0.29) is 0 Å². The summed E-state index contributed by atoms with van der Waals surface area (Å²) in [5.74, 6) is 0. The van der Waals surface area contributed by atoms with Crippen molar-refractivity contribution >= 4 is 5.71 Å². The summed E-state index contributed by atoms with van der Waals surface area (Å²) >= 11 is 0. The Bertz CT molecular complexity index is 1580. The molecular formula is C38H29NO. The zero-order valence-corrected chi connectivity index (χ0v) is 22.1. The highest BCUT2D eigenvalue weighted by Crippen LogP contribution is 2.41. The molecule has 6 aromatic carbocycles. The monoisotopic (exact) mass is 515 g/mol. The van der Waals surface area contributed by atoms with Gasteiger partial charge in [0.25, 0.3) is 0 Å². The maximum atomic E-state index is 6.89. The molecule has 0 aliphatic rings. The average Bonchev–Trinajstić information content (AvgIpc) is 3.05. The molecule has 2 heteroatoms. The maximum absolute atomic E-state index is 6.89. The lowest BCUT2D eigenvalue weighted by molar-refractivity contribution is 0.0175. The number of hydrogen-bond acceptors (Lipinski definition) is 2. The highest BCUT2D eigenvalue weighted by Gasteiger charge is 2.40. The van der Waals surface area contributed by atoms with Crippen molar-refractivity contribution in [3.8, 4) is 11.1 Å². The van der Waals surface area contributed by atoms with Crippen LogP contribution in [-0.4, -0.2) is 5.71 Å². The lowest BCUT2D eigenvalue weighted by Gasteiger charge is -2.33. The third-order valence-corrected chi connectivity index (χ3v) is 7.13. The van der Waals surface area contributed by atoms with Crippen LogP contribution in [0.2, 0.25) is 0 Å². The van der Waals surface area contributed by atoms with Crippen molar-refractivity contribution in [2.75, 3.05) is 0 Å². The van der Waals surface area contributed by atoms with Gasteiger partial charge in [-0.05, 0) is 11.1 Å². The summed E-state index contributed by atoms with van der Waals surface area (Å²) in [5, 5.41) is 4.96. The molecule has 40 heavy (non-hydrogen) atoms. The summed E-state index contributed by atoms with van der Waals surface area (Å²) in [6.45, 7) is 0. The molecule has 2 nitrogen and oxygen atoms in total. The van der Waals surface area contributed by atoms with E-state index in [9.17, 15) is 0 Å². The zero-order chi connectivity index (χ0) is 27.0. The van der Waals surface area contributed by atoms with Gasteiger partial charge < -0.3 is 4.84 Å². The van der Waals surface area contributed by atoms with E-state index in [2.05, 4.69) is 97.1 Å². The average molecular weight is 516 g/mol. The van der Waals surface area contributed by atoms with Crippen molar-refractivity contribution in [3.63, 3.8) is 0 Å². The smallest absolute Gasteiger partial charge is 0.212 e. The molecule has 0 saturated heterocycles. The third kappa shape index (κ3) is 5.08. The first-order valence-electron chi connectivity index (χ1n) is 13.5. The fourth-order valence-corrected chi connectivity index (χ4v) is 5.11. The Labute approximate surface area is 235 Å². The van der Waals surface area contributed by atoms with E-state index >= 15 is 0 Å². The molecule has 0 heterocycles. The van der Waals surface area contributed by atoms with Crippen LogP contribution in [-0.2, 0) is 10.4 Å². The van der Waals surface area contributed by atoms with E-state index in [1.54, 1.807) is 0 Å². The molecule has 0 atom stereocenters. The molecule has 0 N–H and O–H groups in total. The number of benzene rings is 6. The highest BCUT2D eigenvalue weighted by atomic mass is 16.7. The van der Waals surface area contributed by atoms with Crippen LogP contribution >= 0.6 is 0 Å². The van der Waals surface area contributed by atoms with Gasteiger partial charge in [-0.2, -0.15) is 0 Å². The zero-order valence-electron chi connectivity index (χ0n) is 22.1. The maximum Gasteiger partial charge on any atom is 0.212 e. The minimum absolute atomic E-state index is 0.776. The lowest BCUT2D eigenvalue weighted by Crippen LogP contribution is -2.31. The Morgan fingerprint density at radius 1 is 0.375 bits per heavy atom. The van der Waals surface area contributed by atoms with Gasteiger partial charge in [-0.3, -0.25) is 0 Å². The van der Waals surface area contributed by atoms with Gasteiger partial charge in [-0.15, -0.1) is 0 Å². The van der Waals surface area contributed by atoms with E-state index in [4.69, 9.17) is 9.99 Å². The second kappa shape index (κ2) is 11.7. The van der Waals surface area contributed by atoms with Crippen LogP contribution in [0.25, 0.3) is 11.1 Å². The number of hydrogen-bond donors (Lipinski definition) is 0. The normalized spacial score (nSPS) is 11.0. The van der Waals surface area contributed by atoms with Crippen LogP contribution in [0.1, 0.15) is 27.8 Å². The largest absolute Gasteiger partial charge is 0.374 e. The van der Waals surface area contributed by atoms with E-state index in [1.165, 1.54) is 5.56 Å². The van der Waals surface area contributed by atoms with E-state index in [1.807, 2.05) is 78.9 Å². The fourth-order valence-electron chi connectivity index (χ4n) is 5.11. The Balaban J connectivity index is 1.56. The summed E-state index contributed by atoms with van der Waals surface area (Å²) in [4.78, 5) is 6.89. The van der Waals surface area contributed by atoms with Crippen LogP contribution < -0.4 is 0 Å². The molecule has 0 spiro atoms. The van der Waals surface area contributed by atoms with Gasteiger partial charge in [-0.25, -0.2) is 0 Å². The van der Waals surface area contributed by atoms with Gasteiger partial charge in [0.05, 0.1) is 0 Å². The summed E-state index contributed by atoms with van der Waals surface area (Å²) in [6, 6.07) is 60.1. The van der Waals surface area contributed by atoms with Crippen LogP contribution in [0.5, 0.6) is 0 Å². The minimum Gasteiger partial charge on any atom is -0.374 e. The molecular weight excluding hydrogens is 486 g/mol. The Morgan fingerprint density at radius 2 is 0.725 bits per heavy atom. The van der Waals surface area contributed by atoms with Gasteiger partial charge >= 0.3 is 0 Å². The first-order chi connectivity index (χ1) is 19.8. The second-order valence-corrected chi connectivity index (χ2v) is 9.62. The summed E-state index contributed by atoms with van der Waals surface area (Å²) in [5.41, 5.74) is 7.09. The molecule has 0 fully saturated rings. The molecule has 0 bridgehead atoms. The first-order valence-corrected chi connectivity index (χ1v) is 13.5. The van der Waals surface area contributed by atoms with Crippen molar-refractivity contribution in [2.45, 2.75) is 5.60 Å². The quantitative estimate of drug-likeness (QED) is 0.113. The number of oxime groups is 1. The molecule has 0 unspecified atom stereocenters. The second-order valence-electron chi connectivity index (χ2n) is 9.62. The first kappa shape index (κ1) is 25.1. The predicted molar refractivity (Wildman–Crippen MR) is 164 cm³/mol. The van der Waals surface area contributed by atoms with Crippen LogP contribution in [0.4, 0.5) is 0 Å². The topological polar surface area (TPSA) is 21.6 Å². The van der Waals surface area contributed by atoms with Crippen LogP contribution in [0.3, 0.4) is 0 Å². The van der Waals surface area contributed by atoms with Crippen molar-refractivity contribution in [1.82, 2.24) is 0 Å². The summed E-state index contributed by atoms with van der Waals surface area (Å²) in [7, 11) is 0. The van der Waals surface area contributed by atoms with Gasteiger partial charge in [0.2, 0.25) is 5.60 Å². The van der Waals surface area contributed by atoms with Gasteiger partial charge in [-0.1, -0.05) is 181 Å². The summed E-state index contributed by atoms with van der Waals surface area (Å²) in [6.07, 6.45) is 0. The van der Waals surface area contributed by atoms with Crippen LogP contribution in [0, 0.1) is 0 Å². The SMILES string of the molecule is c1ccc(C(=NOC(c2ccccc2)(c2ccccc2)c2ccc(-c3ccccc3)cc2)c2ccccc2)cc1. The molecule has 6 rings (SSSR count). The molecule has 0 radical (unpaired) electrons. The minimum atomic E-state index is -0.980. The molecule has 192 valence electrons. The molecule has 6 aromatic rings. The van der Waals surface area contributed by atoms with E-state index < -0.39 is 5.60 Å². The van der Waals surface area contributed by atoms with E-state index in [0.29, 0.717) is 0 Å². The standard InChI is InChI=1S/C38H29NO/c1-6-16-30(17-7-1)31-26-28-36(29-27-31)38(34-22-12-4-13-23-34,35-24-14-5-15-25-35)40-39-37(32-18-8-2-9-19-32)33-20-10-3-11-21-33/h1-29H. The number of rotatable bonds is 8. The Kier molecular flexibility index (Phi) is 7.32. The molecule has 0 aromatic heterocycles. The third-order valence-electron chi connectivity index (χ3n) is 7.13. The van der Waals surface area contributed by atoms with Crippen molar-refractivity contribution in [1.29, 1.82) is 0 Å². The molecule has 0 aliphatic carbocycles. The fraction of sp³-hybridized carbons (Fsp3) is 0.0263. The molecule has 0 amide bonds. The van der Waals surface area contributed by atoms with E-state index in [0.717, 1.165) is 39.1 Å². The molecule has 0 aliphatic heterocycles. The van der Waals surface area contributed by atoms with Crippen molar-refractivity contribution < 1.29 is 4.84 Å². The Morgan fingerprint density at radius 3 is 1.18 bits per heavy atom. The summed E-state index contributed by atoms with van der Waals surface area (Å²) < 4.78 is 0. The van der Waals surface area contributed by atoms with Crippen LogP contribution in [0.15, 0.2) is 181 Å². The van der Waals surface area contributed by atoms with Crippen molar-refractivity contribution in [3.05, 3.63) is 204 Å². The Hall–Kier alpha value is -5.21. The molecule has 0 saturated carbocycles. The number of nitrogens with zero attached hydrogens (tertiary/aromatic N) is 1.